The van der Waals surface area contributed by atoms with Crippen LogP contribution in [-0.4, -0.2) is 56.8 Å². The fraction of sp³-hybridized carbons (Fsp3) is 0.611. The van der Waals surface area contributed by atoms with Crippen LogP contribution in [0.2, 0.25) is 0 Å². The van der Waals surface area contributed by atoms with E-state index in [0.29, 0.717) is 24.5 Å². The molecule has 1 saturated heterocycles. The van der Waals surface area contributed by atoms with Gasteiger partial charge in [0.25, 0.3) is 5.91 Å². The molecule has 0 bridgehead atoms. The van der Waals surface area contributed by atoms with Crippen molar-refractivity contribution in [3.63, 3.8) is 0 Å². The van der Waals surface area contributed by atoms with Gasteiger partial charge >= 0.3 is 0 Å². The first kappa shape index (κ1) is 17.8. The topological polar surface area (TPSA) is 50.8 Å². The van der Waals surface area contributed by atoms with Crippen molar-refractivity contribution in [1.82, 2.24) is 10.2 Å². The van der Waals surface area contributed by atoms with Crippen LogP contribution >= 0.6 is 0 Å². The number of para-hydroxylation sites is 1. The number of ether oxygens (including phenoxy) is 2. The molecule has 0 spiro atoms. The number of nitrogens with zero attached hydrogens (tertiary/aromatic N) is 1. The van der Waals surface area contributed by atoms with E-state index in [2.05, 4.69) is 17.1 Å². The summed E-state index contributed by atoms with van der Waals surface area (Å²) in [4.78, 5) is 14.7. The summed E-state index contributed by atoms with van der Waals surface area (Å²) in [7, 11) is 0. The zero-order chi connectivity index (χ0) is 16.3. The van der Waals surface area contributed by atoms with Crippen molar-refractivity contribution in [3.05, 3.63) is 29.8 Å². The number of carbonyl (C=O) groups is 1. The predicted molar refractivity (Wildman–Crippen MR) is 91.1 cm³/mol. The van der Waals surface area contributed by atoms with Crippen LogP contribution in [-0.2, 0) is 4.74 Å². The van der Waals surface area contributed by atoms with E-state index in [9.17, 15) is 4.79 Å². The first-order chi connectivity index (χ1) is 11.3. The average molecular weight is 320 g/mol. The molecule has 23 heavy (non-hydrogen) atoms. The first-order valence-electron chi connectivity index (χ1n) is 8.61. The van der Waals surface area contributed by atoms with E-state index >= 15 is 0 Å². The molecular formula is C18H28N2O3. The molecule has 1 aliphatic rings. The van der Waals surface area contributed by atoms with Crippen LogP contribution in [0.4, 0.5) is 0 Å². The standard InChI is InChI=1S/C18H28N2O3/c1-2-3-13-23-17-8-5-4-7-16(17)18(21)19-9-6-10-20-11-14-22-15-12-20/h4-5,7-8H,2-3,6,9-15H2,1H3,(H,19,21). The van der Waals surface area contributed by atoms with Crippen LogP contribution in [0.1, 0.15) is 36.5 Å². The minimum absolute atomic E-state index is 0.0564. The van der Waals surface area contributed by atoms with Crippen LogP contribution in [0, 0.1) is 0 Å². The Bertz CT molecular complexity index is 473. The molecule has 0 saturated carbocycles. The van der Waals surface area contributed by atoms with Gasteiger partial charge < -0.3 is 14.8 Å². The molecule has 0 aromatic heterocycles. The summed E-state index contributed by atoms with van der Waals surface area (Å²) >= 11 is 0. The first-order valence-corrected chi connectivity index (χ1v) is 8.61. The molecule has 5 heteroatoms. The van der Waals surface area contributed by atoms with E-state index in [1.54, 1.807) is 0 Å². The average Bonchev–Trinajstić information content (AvgIpc) is 2.60. The Morgan fingerprint density at radius 1 is 1.26 bits per heavy atom. The van der Waals surface area contributed by atoms with Crippen molar-refractivity contribution < 1.29 is 14.3 Å². The fourth-order valence-electron chi connectivity index (χ4n) is 2.53. The van der Waals surface area contributed by atoms with Crippen molar-refractivity contribution in [3.8, 4) is 5.75 Å². The fourth-order valence-corrected chi connectivity index (χ4v) is 2.53. The monoisotopic (exact) mass is 320 g/mol. The third-order valence-electron chi connectivity index (χ3n) is 3.93. The number of morpholine rings is 1. The summed E-state index contributed by atoms with van der Waals surface area (Å²) in [5.41, 5.74) is 0.620. The van der Waals surface area contributed by atoms with Crippen molar-refractivity contribution >= 4 is 5.91 Å². The zero-order valence-corrected chi connectivity index (χ0v) is 14.1. The Morgan fingerprint density at radius 3 is 2.83 bits per heavy atom. The van der Waals surface area contributed by atoms with E-state index in [1.165, 1.54) is 0 Å². The van der Waals surface area contributed by atoms with Crippen molar-refractivity contribution in [2.75, 3.05) is 46.0 Å². The molecule has 0 radical (unpaired) electrons. The molecule has 1 aromatic carbocycles. The van der Waals surface area contributed by atoms with Crippen molar-refractivity contribution in [2.45, 2.75) is 26.2 Å². The van der Waals surface area contributed by atoms with E-state index in [0.717, 1.165) is 52.1 Å². The molecule has 5 nitrogen and oxygen atoms in total. The Labute approximate surface area is 139 Å². The number of amides is 1. The van der Waals surface area contributed by atoms with Gasteiger partial charge in [-0.3, -0.25) is 9.69 Å². The highest BCUT2D eigenvalue weighted by atomic mass is 16.5. The number of carbonyl (C=O) groups excluding carboxylic acids is 1. The van der Waals surface area contributed by atoms with Gasteiger partial charge in [-0.15, -0.1) is 0 Å². The van der Waals surface area contributed by atoms with Gasteiger partial charge in [0, 0.05) is 19.6 Å². The number of hydrogen-bond acceptors (Lipinski definition) is 4. The van der Waals surface area contributed by atoms with Gasteiger partial charge in [0.1, 0.15) is 5.75 Å². The minimum Gasteiger partial charge on any atom is -0.493 e. The Hall–Kier alpha value is -1.59. The lowest BCUT2D eigenvalue weighted by molar-refractivity contribution is 0.0374. The summed E-state index contributed by atoms with van der Waals surface area (Å²) < 4.78 is 11.0. The van der Waals surface area contributed by atoms with E-state index in [1.807, 2.05) is 24.3 Å². The number of hydrogen-bond donors (Lipinski definition) is 1. The largest absolute Gasteiger partial charge is 0.493 e. The van der Waals surface area contributed by atoms with Crippen molar-refractivity contribution in [1.29, 1.82) is 0 Å². The van der Waals surface area contributed by atoms with Gasteiger partial charge in [0.2, 0.25) is 0 Å². The zero-order valence-electron chi connectivity index (χ0n) is 14.1. The summed E-state index contributed by atoms with van der Waals surface area (Å²) in [6.07, 6.45) is 3.02. The highest BCUT2D eigenvalue weighted by Gasteiger charge is 2.12. The summed E-state index contributed by atoms with van der Waals surface area (Å²) in [6, 6.07) is 7.45. The van der Waals surface area contributed by atoms with Crippen LogP contribution in [0.5, 0.6) is 5.75 Å². The molecule has 1 heterocycles. The second kappa shape index (κ2) is 10.2. The SMILES string of the molecule is CCCCOc1ccccc1C(=O)NCCCN1CCOCC1. The molecule has 0 atom stereocenters. The van der Waals surface area contributed by atoms with Gasteiger partial charge in [0.15, 0.2) is 0 Å². The number of benzene rings is 1. The van der Waals surface area contributed by atoms with Gasteiger partial charge in [-0.2, -0.15) is 0 Å². The van der Waals surface area contributed by atoms with Crippen LogP contribution < -0.4 is 10.1 Å². The predicted octanol–water partition coefficient (Wildman–Crippen LogP) is 2.32. The highest BCUT2D eigenvalue weighted by molar-refractivity contribution is 5.96. The van der Waals surface area contributed by atoms with Gasteiger partial charge in [-0.1, -0.05) is 25.5 Å². The Morgan fingerprint density at radius 2 is 2.04 bits per heavy atom. The maximum atomic E-state index is 12.3. The van der Waals surface area contributed by atoms with Gasteiger partial charge in [-0.25, -0.2) is 0 Å². The van der Waals surface area contributed by atoms with Crippen molar-refractivity contribution in [2.24, 2.45) is 0 Å². The molecule has 1 fully saturated rings. The second-order valence-corrected chi connectivity index (χ2v) is 5.76. The molecule has 1 aliphatic heterocycles. The molecule has 1 amide bonds. The maximum Gasteiger partial charge on any atom is 0.255 e. The molecule has 1 aromatic rings. The summed E-state index contributed by atoms with van der Waals surface area (Å²) in [6.45, 7) is 8.06. The maximum absolute atomic E-state index is 12.3. The number of nitrogens with one attached hydrogen (secondary N) is 1. The highest BCUT2D eigenvalue weighted by Crippen LogP contribution is 2.18. The lowest BCUT2D eigenvalue weighted by Crippen LogP contribution is -2.38. The summed E-state index contributed by atoms with van der Waals surface area (Å²) in [5, 5.41) is 2.99. The lowest BCUT2D eigenvalue weighted by Gasteiger charge is -2.26. The van der Waals surface area contributed by atoms with E-state index < -0.39 is 0 Å². The van der Waals surface area contributed by atoms with Gasteiger partial charge in [-0.05, 0) is 31.5 Å². The van der Waals surface area contributed by atoms with Crippen LogP contribution in [0.15, 0.2) is 24.3 Å². The quantitative estimate of drug-likeness (QED) is 0.710. The normalized spacial score (nSPS) is 15.3. The molecule has 0 aliphatic carbocycles. The lowest BCUT2D eigenvalue weighted by atomic mass is 10.2. The Balaban J connectivity index is 1.74. The Kier molecular flexibility index (Phi) is 7.90. The van der Waals surface area contributed by atoms with Crippen LogP contribution in [0.3, 0.4) is 0 Å². The smallest absolute Gasteiger partial charge is 0.255 e. The number of rotatable bonds is 9. The number of unbranched alkanes of at least 4 members (excludes halogenated alkanes) is 1. The third-order valence-corrected chi connectivity index (χ3v) is 3.93. The molecule has 128 valence electrons. The molecule has 0 unspecified atom stereocenters. The third kappa shape index (κ3) is 6.20. The summed E-state index contributed by atoms with van der Waals surface area (Å²) in [5.74, 6) is 0.616. The molecular weight excluding hydrogens is 292 g/mol. The molecule has 1 N–H and O–H groups in total. The second-order valence-electron chi connectivity index (χ2n) is 5.76. The molecule has 2 rings (SSSR count). The van der Waals surface area contributed by atoms with Crippen LogP contribution in [0.25, 0.3) is 0 Å². The van der Waals surface area contributed by atoms with E-state index in [-0.39, 0.29) is 5.91 Å². The van der Waals surface area contributed by atoms with Gasteiger partial charge in [0.05, 0.1) is 25.4 Å². The minimum atomic E-state index is -0.0564. The van der Waals surface area contributed by atoms with E-state index in [4.69, 9.17) is 9.47 Å².